The van der Waals surface area contributed by atoms with E-state index in [1.165, 1.54) is 5.56 Å². The van der Waals surface area contributed by atoms with E-state index in [1.807, 2.05) is 39.8 Å². The monoisotopic (exact) mass is 241 g/mol. The van der Waals surface area contributed by atoms with Crippen LogP contribution < -0.4 is 4.74 Å². The predicted molar refractivity (Wildman–Crippen MR) is 73.6 cm³/mol. The first-order chi connectivity index (χ1) is 8.24. The fraction of sp³-hybridized carbons (Fsp3) is 0.643. The summed E-state index contributed by atoms with van der Waals surface area (Å²) < 4.78 is 5.13. The Morgan fingerprint density at radius 1 is 1.18 bits per heavy atom. The molecule has 0 aliphatic rings. The minimum Gasteiger partial charge on any atom is -0.475 e. The summed E-state index contributed by atoms with van der Waals surface area (Å²) in [5.74, 6) is 1.05. The molecule has 1 rings (SSSR count). The number of hydrogen-bond donors (Lipinski definition) is 1. The van der Waals surface area contributed by atoms with Crippen LogP contribution in [-0.4, -0.2) is 23.3 Å². The quantitative estimate of drug-likeness (QED) is 0.875. The normalized spacial score (nSPS) is 8.71. The summed E-state index contributed by atoms with van der Waals surface area (Å²) in [5.41, 5.74) is 1.19. The molecule has 0 spiro atoms. The Labute approximate surface area is 106 Å². The third kappa shape index (κ3) is 8.69. The van der Waals surface area contributed by atoms with E-state index in [9.17, 15) is 0 Å². The first-order valence-electron chi connectivity index (χ1n) is 6.43. The average Bonchev–Trinajstić information content (AvgIpc) is 2.41. The molecule has 100 valence electrons. The van der Waals surface area contributed by atoms with Crippen molar-refractivity contribution in [3.63, 3.8) is 0 Å². The van der Waals surface area contributed by atoms with Crippen molar-refractivity contribution in [1.29, 1.82) is 0 Å². The molecule has 0 fully saturated rings. The van der Waals surface area contributed by atoms with Gasteiger partial charge in [-0.2, -0.15) is 0 Å². The number of nitrogens with zero attached hydrogens (tertiary/aromatic N) is 1. The van der Waals surface area contributed by atoms with Crippen LogP contribution >= 0.6 is 0 Å². The molecule has 3 nitrogen and oxygen atoms in total. The molecule has 0 unspecified atom stereocenters. The predicted octanol–water partition coefficient (Wildman–Crippen LogP) is 3.63. The highest BCUT2D eigenvalue weighted by Crippen LogP contribution is 2.15. The molecule has 0 aliphatic heterocycles. The van der Waals surface area contributed by atoms with Gasteiger partial charge in [0.05, 0.1) is 6.61 Å². The van der Waals surface area contributed by atoms with Gasteiger partial charge in [-0.15, -0.1) is 0 Å². The Bertz CT molecular complexity index is 245. The maximum Gasteiger partial charge on any atom is 0.213 e. The Hall–Kier alpha value is -1.09. The molecule has 0 atom stereocenters. The van der Waals surface area contributed by atoms with Gasteiger partial charge < -0.3 is 9.84 Å². The number of rotatable bonds is 4. The number of ether oxygens (including phenoxy) is 1. The highest BCUT2D eigenvalue weighted by atomic mass is 16.5. The standard InChI is InChI=1S/C10H15NO2.2C2H6/c1-8(2)9-3-4-10(11-7-9)13-6-5-12;2*1-2/h3-4,7-8,12H,5-6H2,1-2H3;2*1-2H3. The van der Waals surface area contributed by atoms with E-state index in [1.54, 1.807) is 6.20 Å². The van der Waals surface area contributed by atoms with Crippen LogP contribution in [0.4, 0.5) is 0 Å². The fourth-order valence-corrected chi connectivity index (χ4v) is 0.969. The lowest BCUT2D eigenvalue weighted by atomic mass is 10.1. The molecule has 1 N–H and O–H groups in total. The highest BCUT2D eigenvalue weighted by molar-refractivity contribution is 5.20. The summed E-state index contributed by atoms with van der Waals surface area (Å²) in [7, 11) is 0. The molecule has 0 aromatic carbocycles. The van der Waals surface area contributed by atoms with E-state index in [-0.39, 0.29) is 6.61 Å². The van der Waals surface area contributed by atoms with Gasteiger partial charge in [0.2, 0.25) is 5.88 Å². The molecule has 0 amide bonds. The number of hydrogen-bond acceptors (Lipinski definition) is 3. The molecule has 0 radical (unpaired) electrons. The lowest BCUT2D eigenvalue weighted by molar-refractivity contribution is 0.196. The maximum absolute atomic E-state index is 8.52. The number of pyridine rings is 1. The van der Waals surface area contributed by atoms with E-state index < -0.39 is 0 Å². The van der Waals surface area contributed by atoms with Crippen molar-refractivity contribution in [3.8, 4) is 5.88 Å². The fourth-order valence-electron chi connectivity index (χ4n) is 0.969. The second-order valence-electron chi connectivity index (χ2n) is 3.16. The average molecular weight is 241 g/mol. The summed E-state index contributed by atoms with van der Waals surface area (Å²) in [6.07, 6.45) is 1.80. The van der Waals surface area contributed by atoms with Gasteiger partial charge in [-0.1, -0.05) is 47.6 Å². The van der Waals surface area contributed by atoms with Crippen LogP contribution in [0.3, 0.4) is 0 Å². The second-order valence-corrected chi connectivity index (χ2v) is 3.16. The van der Waals surface area contributed by atoms with Crippen LogP contribution in [0.25, 0.3) is 0 Å². The molecule has 0 saturated heterocycles. The smallest absolute Gasteiger partial charge is 0.213 e. The van der Waals surface area contributed by atoms with E-state index in [2.05, 4.69) is 18.8 Å². The van der Waals surface area contributed by atoms with E-state index in [0.717, 1.165) is 0 Å². The molecule has 0 saturated carbocycles. The van der Waals surface area contributed by atoms with Crippen molar-refractivity contribution >= 4 is 0 Å². The zero-order valence-corrected chi connectivity index (χ0v) is 12.0. The Kier molecular flexibility index (Phi) is 14.0. The van der Waals surface area contributed by atoms with Crippen molar-refractivity contribution in [2.75, 3.05) is 13.2 Å². The van der Waals surface area contributed by atoms with Gasteiger partial charge in [-0.25, -0.2) is 4.98 Å². The van der Waals surface area contributed by atoms with Gasteiger partial charge in [0.25, 0.3) is 0 Å². The van der Waals surface area contributed by atoms with Crippen molar-refractivity contribution in [2.45, 2.75) is 47.5 Å². The van der Waals surface area contributed by atoms with Gasteiger partial charge >= 0.3 is 0 Å². The minimum absolute atomic E-state index is 0.0214. The topological polar surface area (TPSA) is 42.4 Å². The molecule has 0 bridgehead atoms. The summed E-state index contributed by atoms with van der Waals surface area (Å²) in [5, 5.41) is 8.52. The Morgan fingerprint density at radius 2 is 1.76 bits per heavy atom. The molecule has 17 heavy (non-hydrogen) atoms. The summed E-state index contributed by atoms with van der Waals surface area (Å²) in [6, 6.07) is 3.81. The Balaban J connectivity index is 0. The van der Waals surface area contributed by atoms with Crippen molar-refractivity contribution in [2.24, 2.45) is 0 Å². The molecule has 1 aromatic rings. The lowest BCUT2D eigenvalue weighted by Crippen LogP contribution is -2.03. The summed E-state index contributed by atoms with van der Waals surface area (Å²) in [4.78, 5) is 4.10. The number of aliphatic hydroxyl groups excluding tert-OH is 1. The molecular weight excluding hydrogens is 214 g/mol. The molecule has 1 aromatic heterocycles. The molecule has 0 aliphatic carbocycles. The van der Waals surface area contributed by atoms with Crippen LogP contribution in [0, 0.1) is 0 Å². The van der Waals surface area contributed by atoms with Gasteiger partial charge in [0.1, 0.15) is 6.61 Å². The third-order valence-electron chi connectivity index (χ3n) is 1.77. The first kappa shape index (κ1) is 18.3. The summed E-state index contributed by atoms with van der Waals surface area (Å²) >= 11 is 0. The van der Waals surface area contributed by atoms with Crippen LogP contribution in [0.15, 0.2) is 18.3 Å². The lowest BCUT2D eigenvalue weighted by Gasteiger charge is -2.06. The largest absolute Gasteiger partial charge is 0.475 e. The molecule has 1 heterocycles. The first-order valence-corrected chi connectivity index (χ1v) is 6.43. The van der Waals surface area contributed by atoms with Crippen molar-refractivity contribution in [3.05, 3.63) is 23.9 Å². The van der Waals surface area contributed by atoms with Gasteiger partial charge in [-0.3, -0.25) is 0 Å². The van der Waals surface area contributed by atoms with Crippen molar-refractivity contribution < 1.29 is 9.84 Å². The van der Waals surface area contributed by atoms with Gasteiger partial charge in [0.15, 0.2) is 0 Å². The third-order valence-corrected chi connectivity index (χ3v) is 1.77. The van der Waals surface area contributed by atoms with E-state index in [4.69, 9.17) is 9.84 Å². The van der Waals surface area contributed by atoms with Crippen LogP contribution in [0.1, 0.15) is 53.0 Å². The minimum atomic E-state index is 0.0214. The zero-order valence-electron chi connectivity index (χ0n) is 12.0. The molecular formula is C14H27NO2. The van der Waals surface area contributed by atoms with E-state index in [0.29, 0.717) is 18.4 Å². The molecule has 3 heteroatoms. The van der Waals surface area contributed by atoms with Crippen LogP contribution in [0.5, 0.6) is 5.88 Å². The van der Waals surface area contributed by atoms with Crippen LogP contribution in [0.2, 0.25) is 0 Å². The van der Waals surface area contributed by atoms with Gasteiger partial charge in [-0.05, 0) is 11.5 Å². The second kappa shape index (κ2) is 13.0. The maximum atomic E-state index is 8.52. The highest BCUT2D eigenvalue weighted by Gasteiger charge is 1.99. The SMILES string of the molecule is CC.CC.CC(C)c1ccc(OCCO)nc1. The number of aliphatic hydroxyl groups is 1. The van der Waals surface area contributed by atoms with Gasteiger partial charge in [0, 0.05) is 12.3 Å². The van der Waals surface area contributed by atoms with Crippen molar-refractivity contribution in [1.82, 2.24) is 4.98 Å². The number of aromatic nitrogens is 1. The van der Waals surface area contributed by atoms with E-state index >= 15 is 0 Å². The van der Waals surface area contributed by atoms with Crippen LogP contribution in [-0.2, 0) is 0 Å². The zero-order chi connectivity index (χ0) is 13.7. The Morgan fingerprint density at radius 3 is 2.12 bits per heavy atom. The summed E-state index contributed by atoms with van der Waals surface area (Å²) in [6.45, 7) is 12.6.